The molecular formula is C6H16OSn. The molecule has 8 heavy (non-hydrogen) atoms. The van der Waals surface area contributed by atoms with Crippen LogP contribution in [0.4, 0.5) is 0 Å². The summed E-state index contributed by atoms with van der Waals surface area (Å²) in [5, 5.41) is 0. The van der Waals surface area contributed by atoms with Crippen LogP contribution in [0.2, 0.25) is 0 Å². The summed E-state index contributed by atoms with van der Waals surface area (Å²) in [5.74, 6) is 0. The molecule has 0 aromatic heterocycles. The summed E-state index contributed by atoms with van der Waals surface area (Å²) in [6, 6.07) is 0. The van der Waals surface area contributed by atoms with E-state index in [0.717, 1.165) is 0 Å². The Kier molecular flexibility index (Phi) is 6.45. The Hall–Kier alpha value is 0.759. The fraction of sp³-hybridized carbons (Fsp3) is 1.00. The zero-order valence-electron chi connectivity index (χ0n) is 6.11. The van der Waals surface area contributed by atoms with Crippen LogP contribution in [-0.2, 0) is 4.74 Å². The fourth-order valence-corrected chi connectivity index (χ4v) is 1.77. The molecule has 0 saturated heterocycles. The number of methoxy groups -OCH3 is 1. The van der Waals surface area contributed by atoms with Crippen molar-refractivity contribution >= 4 is 22.5 Å². The van der Waals surface area contributed by atoms with Crippen LogP contribution in [0.3, 0.4) is 0 Å². The molecule has 0 spiro atoms. The predicted molar refractivity (Wildman–Crippen MR) is 40.3 cm³/mol. The van der Waals surface area contributed by atoms with Crippen molar-refractivity contribution in [3.8, 4) is 0 Å². The quantitative estimate of drug-likeness (QED) is 0.631. The van der Waals surface area contributed by atoms with Gasteiger partial charge in [0.15, 0.2) is 0 Å². The third kappa shape index (κ3) is 4.91. The van der Waals surface area contributed by atoms with Crippen molar-refractivity contribution in [3.05, 3.63) is 0 Å². The van der Waals surface area contributed by atoms with Gasteiger partial charge in [0.05, 0.1) is 0 Å². The monoisotopic (exact) mass is 224 g/mol. The van der Waals surface area contributed by atoms with E-state index < -0.39 is 0 Å². The number of unbranched alkanes of at least 4 members (excludes halogenated alkanes) is 1. The Morgan fingerprint density at radius 2 is 2.25 bits per heavy atom. The molecule has 50 valence electrons. The van der Waals surface area contributed by atoms with E-state index in [-0.39, 0.29) is 0 Å². The summed E-state index contributed by atoms with van der Waals surface area (Å²) in [6.07, 6.45) is 3.94. The molecule has 0 rings (SSSR count). The van der Waals surface area contributed by atoms with Crippen molar-refractivity contribution in [1.29, 1.82) is 0 Å². The molecule has 0 N–H and O–H groups in total. The van der Waals surface area contributed by atoms with Crippen molar-refractivity contribution in [2.24, 2.45) is 0 Å². The van der Waals surface area contributed by atoms with Gasteiger partial charge in [0.2, 0.25) is 0 Å². The summed E-state index contributed by atoms with van der Waals surface area (Å²) < 4.78 is 5.81. The van der Waals surface area contributed by atoms with Gasteiger partial charge in [0.25, 0.3) is 0 Å². The number of ether oxygens (including phenoxy) is 1. The summed E-state index contributed by atoms with van der Waals surface area (Å²) in [5.41, 5.74) is 0. The van der Waals surface area contributed by atoms with Gasteiger partial charge >= 0.3 is 64.7 Å². The van der Waals surface area contributed by atoms with Crippen LogP contribution in [-0.4, -0.2) is 33.8 Å². The Bertz CT molecular complexity index is 47.8. The molecule has 0 amide bonds. The van der Waals surface area contributed by atoms with E-state index in [1.54, 1.807) is 0 Å². The third-order valence-corrected chi connectivity index (χ3v) is 4.36. The fourth-order valence-electron chi connectivity index (χ4n) is 0.609. The molecule has 0 aromatic carbocycles. The Morgan fingerprint density at radius 3 is 2.62 bits per heavy atom. The number of hydrogen-bond donors (Lipinski definition) is 0. The van der Waals surface area contributed by atoms with E-state index in [0.29, 0.717) is 26.6 Å². The third-order valence-electron chi connectivity index (χ3n) is 1.37. The molecule has 0 radical (unpaired) electrons. The van der Waals surface area contributed by atoms with Crippen LogP contribution >= 0.6 is 0 Å². The van der Waals surface area contributed by atoms with Gasteiger partial charge in [-0.2, -0.15) is 0 Å². The first-order chi connectivity index (χ1) is 3.81. The Balaban J connectivity index is 2.86. The van der Waals surface area contributed by atoms with Crippen LogP contribution < -0.4 is 0 Å². The van der Waals surface area contributed by atoms with Crippen molar-refractivity contribution in [2.75, 3.05) is 7.11 Å². The zero-order chi connectivity index (χ0) is 6.41. The predicted octanol–water partition coefficient (Wildman–Crippen LogP) is 0.515. The molecule has 0 bridgehead atoms. The van der Waals surface area contributed by atoms with Crippen LogP contribution in [0.5, 0.6) is 0 Å². The molecule has 0 saturated carbocycles. The molecule has 1 atom stereocenters. The second kappa shape index (κ2) is 5.89. The zero-order valence-corrected chi connectivity index (χ0v) is 11.8. The Morgan fingerprint density at radius 1 is 1.62 bits per heavy atom. The van der Waals surface area contributed by atoms with Crippen molar-refractivity contribution in [2.45, 2.75) is 30.3 Å². The average molecular weight is 223 g/mol. The van der Waals surface area contributed by atoms with Crippen molar-refractivity contribution in [3.63, 3.8) is 0 Å². The molecule has 0 aliphatic carbocycles. The second-order valence-corrected chi connectivity index (χ2v) is 5.86. The second-order valence-electron chi connectivity index (χ2n) is 2.19. The van der Waals surface area contributed by atoms with Gasteiger partial charge in [-0.15, -0.1) is 0 Å². The van der Waals surface area contributed by atoms with Crippen molar-refractivity contribution in [1.82, 2.24) is 0 Å². The normalized spacial score (nSPS) is 14.2. The molecule has 2 heteroatoms. The topological polar surface area (TPSA) is 9.23 Å². The van der Waals surface area contributed by atoms with Gasteiger partial charge in [-0.1, -0.05) is 0 Å². The van der Waals surface area contributed by atoms with Crippen LogP contribution in [0.25, 0.3) is 0 Å². The van der Waals surface area contributed by atoms with Crippen LogP contribution in [0, 0.1) is 0 Å². The molecule has 0 aromatic rings. The maximum atomic E-state index is 5.15. The van der Waals surface area contributed by atoms with E-state index in [9.17, 15) is 0 Å². The van der Waals surface area contributed by atoms with Gasteiger partial charge < -0.3 is 0 Å². The van der Waals surface area contributed by atoms with E-state index >= 15 is 0 Å². The van der Waals surface area contributed by atoms with Gasteiger partial charge in [0.1, 0.15) is 0 Å². The molecule has 1 unspecified atom stereocenters. The SMILES string of the molecule is CCCC[CH]([SnH3])OC. The van der Waals surface area contributed by atoms with Crippen LogP contribution in [0.15, 0.2) is 0 Å². The standard InChI is InChI=1S/C6H13O.Sn.3H/c1-3-4-5-6-7-2;;;;/h6H,3-5H2,1-2H3;;;;. The first-order valence-corrected chi connectivity index (χ1v) is 6.63. The molecule has 0 fully saturated rings. The molecule has 0 heterocycles. The van der Waals surface area contributed by atoms with E-state index in [2.05, 4.69) is 6.92 Å². The first-order valence-electron chi connectivity index (χ1n) is 3.34. The van der Waals surface area contributed by atoms with Gasteiger partial charge in [0, 0.05) is 0 Å². The molecule has 0 aliphatic rings. The Labute approximate surface area is 64.9 Å². The molecular weight excluding hydrogens is 207 g/mol. The summed E-state index contributed by atoms with van der Waals surface area (Å²) in [6.45, 7) is 2.22. The van der Waals surface area contributed by atoms with Gasteiger partial charge in [-0.3, -0.25) is 0 Å². The number of hydrogen-bond acceptors (Lipinski definition) is 1. The van der Waals surface area contributed by atoms with Crippen LogP contribution in [0.1, 0.15) is 26.2 Å². The van der Waals surface area contributed by atoms with E-state index in [1.807, 2.05) is 7.11 Å². The van der Waals surface area contributed by atoms with E-state index in [4.69, 9.17) is 4.74 Å². The molecule has 1 nitrogen and oxygen atoms in total. The van der Waals surface area contributed by atoms with E-state index in [1.165, 1.54) is 19.3 Å². The summed E-state index contributed by atoms with van der Waals surface area (Å²) in [7, 11) is 1.82. The minimum atomic E-state index is 0.664. The molecule has 0 aliphatic heterocycles. The van der Waals surface area contributed by atoms with Crippen molar-refractivity contribution < 1.29 is 4.74 Å². The summed E-state index contributed by atoms with van der Waals surface area (Å²) in [4.78, 5) is 0. The average Bonchev–Trinajstić information content (AvgIpc) is 1.83. The maximum absolute atomic E-state index is 5.15. The van der Waals surface area contributed by atoms with Gasteiger partial charge in [-0.25, -0.2) is 0 Å². The minimum absolute atomic E-state index is 0.664. The summed E-state index contributed by atoms with van der Waals surface area (Å²) >= 11 is 0.708. The first kappa shape index (κ1) is 8.76. The number of rotatable bonds is 4. The van der Waals surface area contributed by atoms with Gasteiger partial charge in [-0.05, 0) is 0 Å².